The van der Waals surface area contributed by atoms with Gasteiger partial charge < -0.3 is 10.2 Å². The predicted octanol–water partition coefficient (Wildman–Crippen LogP) is 5.89. The first-order valence-electron chi connectivity index (χ1n) is 10.3. The van der Waals surface area contributed by atoms with Gasteiger partial charge in [-0.05, 0) is 31.6 Å². The molecule has 25 heavy (non-hydrogen) atoms. The third-order valence-electron chi connectivity index (χ3n) is 6.43. The minimum atomic E-state index is -1.09. The van der Waals surface area contributed by atoms with Crippen molar-refractivity contribution in [1.82, 2.24) is 0 Å². The summed E-state index contributed by atoms with van der Waals surface area (Å²) in [6.07, 6.45) is 11.5. The van der Waals surface area contributed by atoms with E-state index in [-0.39, 0.29) is 0 Å². The van der Waals surface area contributed by atoms with Gasteiger partial charge in [-0.25, -0.2) is 0 Å². The molecule has 1 fully saturated rings. The first-order chi connectivity index (χ1) is 11.8. The monoisotopic (exact) mass is 354 g/mol. The Morgan fingerprint density at radius 1 is 0.840 bits per heavy atom. The Kier molecular flexibility index (Phi) is 8.95. The summed E-state index contributed by atoms with van der Waals surface area (Å²) in [5.41, 5.74) is -2.17. The van der Waals surface area contributed by atoms with E-state index in [1.54, 1.807) is 0 Å². The molecule has 1 aliphatic carbocycles. The van der Waals surface area contributed by atoms with E-state index in [9.17, 15) is 19.8 Å². The van der Waals surface area contributed by atoms with E-state index in [4.69, 9.17) is 0 Å². The maximum atomic E-state index is 12.2. The van der Waals surface area contributed by atoms with Crippen molar-refractivity contribution < 1.29 is 19.8 Å². The molecule has 0 aromatic heterocycles. The lowest BCUT2D eigenvalue weighted by Crippen LogP contribution is -2.54. The van der Waals surface area contributed by atoms with E-state index in [2.05, 4.69) is 13.8 Å². The van der Waals surface area contributed by atoms with Crippen LogP contribution in [0.3, 0.4) is 0 Å². The molecule has 1 aliphatic rings. The molecule has 0 saturated heterocycles. The molecule has 2 N–H and O–H groups in total. The van der Waals surface area contributed by atoms with Crippen LogP contribution in [0.1, 0.15) is 104 Å². The van der Waals surface area contributed by atoms with E-state index in [0.29, 0.717) is 25.7 Å². The van der Waals surface area contributed by atoms with Crippen molar-refractivity contribution in [2.24, 2.45) is 16.7 Å². The fourth-order valence-corrected chi connectivity index (χ4v) is 4.78. The van der Waals surface area contributed by atoms with Gasteiger partial charge in [0.25, 0.3) is 0 Å². The lowest BCUT2D eigenvalue weighted by Gasteiger charge is -2.48. The van der Waals surface area contributed by atoms with Crippen LogP contribution < -0.4 is 0 Å². The number of carboxylic acid groups (broad SMARTS) is 2. The Bertz CT molecular complexity index is 432. The number of carbonyl (C=O) groups is 2. The lowest BCUT2D eigenvalue weighted by atomic mass is 9.53. The molecule has 2 atom stereocenters. The largest absolute Gasteiger partial charge is 0.481 e. The van der Waals surface area contributed by atoms with Crippen LogP contribution >= 0.6 is 0 Å². The Morgan fingerprint density at radius 2 is 1.32 bits per heavy atom. The maximum absolute atomic E-state index is 12.2. The molecule has 1 saturated carbocycles. The number of rotatable bonds is 12. The summed E-state index contributed by atoms with van der Waals surface area (Å²) in [6, 6.07) is 0. The second-order valence-corrected chi connectivity index (χ2v) is 8.39. The Balaban J connectivity index is 2.58. The Morgan fingerprint density at radius 3 is 1.80 bits per heavy atom. The van der Waals surface area contributed by atoms with Gasteiger partial charge in [-0.2, -0.15) is 0 Å². The normalized spacial score (nSPS) is 26.7. The molecule has 0 aliphatic heterocycles. The molecule has 0 heterocycles. The van der Waals surface area contributed by atoms with Crippen LogP contribution in [0.5, 0.6) is 0 Å². The van der Waals surface area contributed by atoms with Crippen LogP contribution in [0, 0.1) is 16.7 Å². The van der Waals surface area contributed by atoms with E-state index in [1.165, 1.54) is 25.7 Å². The minimum absolute atomic E-state index is 0.407. The molecule has 4 nitrogen and oxygen atoms in total. The van der Waals surface area contributed by atoms with E-state index >= 15 is 0 Å². The fourth-order valence-electron chi connectivity index (χ4n) is 4.78. The molecular weight excluding hydrogens is 316 g/mol. The molecule has 2 unspecified atom stereocenters. The van der Waals surface area contributed by atoms with E-state index in [1.807, 2.05) is 6.92 Å². The van der Waals surface area contributed by atoms with Crippen molar-refractivity contribution in [3.05, 3.63) is 0 Å². The van der Waals surface area contributed by atoms with Crippen molar-refractivity contribution in [1.29, 1.82) is 0 Å². The van der Waals surface area contributed by atoms with Crippen LogP contribution in [-0.4, -0.2) is 22.2 Å². The first kappa shape index (κ1) is 22.0. The highest BCUT2D eigenvalue weighted by atomic mass is 16.4. The number of unbranched alkanes of at least 4 members (excludes halogenated alkanes) is 5. The molecule has 0 amide bonds. The summed E-state index contributed by atoms with van der Waals surface area (Å²) in [7, 11) is 0. The van der Waals surface area contributed by atoms with Crippen LogP contribution in [0.25, 0.3) is 0 Å². The van der Waals surface area contributed by atoms with E-state index in [0.717, 1.165) is 38.0 Å². The number of carboxylic acids is 2. The minimum Gasteiger partial charge on any atom is -0.481 e. The van der Waals surface area contributed by atoms with Crippen LogP contribution in [0.4, 0.5) is 0 Å². The zero-order valence-corrected chi connectivity index (χ0v) is 16.5. The van der Waals surface area contributed by atoms with Gasteiger partial charge in [-0.15, -0.1) is 0 Å². The molecule has 0 spiro atoms. The molecular formula is C21H38O4. The van der Waals surface area contributed by atoms with Gasteiger partial charge in [-0.1, -0.05) is 78.6 Å². The number of hydrogen-bond acceptors (Lipinski definition) is 2. The standard InChI is InChI=1S/C21H38O4/c1-4-20(18(22)23)14-11-12-16-21(20,19(24)25)15-10-8-6-5-7-9-13-17(2)3/h17H,4-16H2,1-3H3,(H,22,23)(H,24,25). The predicted molar refractivity (Wildman–Crippen MR) is 101 cm³/mol. The Hall–Kier alpha value is -1.06. The molecule has 0 aromatic rings. The quantitative estimate of drug-likeness (QED) is 0.429. The zero-order chi connectivity index (χ0) is 18.9. The third-order valence-corrected chi connectivity index (χ3v) is 6.43. The van der Waals surface area contributed by atoms with Gasteiger partial charge in [0, 0.05) is 0 Å². The molecule has 4 heteroatoms. The summed E-state index contributed by atoms with van der Waals surface area (Å²) < 4.78 is 0. The lowest BCUT2D eigenvalue weighted by molar-refractivity contribution is -0.181. The van der Waals surface area contributed by atoms with Gasteiger partial charge in [0.2, 0.25) is 0 Å². The molecule has 1 rings (SSSR count). The second kappa shape index (κ2) is 10.2. The average molecular weight is 355 g/mol. The molecule has 0 aromatic carbocycles. The summed E-state index contributed by atoms with van der Waals surface area (Å²) in [5, 5.41) is 19.8. The maximum Gasteiger partial charge on any atom is 0.310 e. The summed E-state index contributed by atoms with van der Waals surface area (Å²) in [5.74, 6) is -1.04. The molecule has 146 valence electrons. The van der Waals surface area contributed by atoms with Gasteiger partial charge >= 0.3 is 11.9 Å². The third kappa shape index (κ3) is 5.21. The van der Waals surface area contributed by atoms with Gasteiger partial charge in [-0.3, -0.25) is 9.59 Å². The summed E-state index contributed by atoms with van der Waals surface area (Å²) in [4.78, 5) is 24.2. The number of hydrogen-bond donors (Lipinski definition) is 2. The van der Waals surface area contributed by atoms with Gasteiger partial charge in [0.05, 0.1) is 10.8 Å². The first-order valence-corrected chi connectivity index (χ1v) is 10.3. The highest BCUT2D eigenvalue weighted by Crippen LogP contribution is 2.56. The SMILES string of the molecule is CCC1(C(=O)O)CCCCC1(CCCCCCCCC(C)C)C(=O)O. The van der Waals surface area contributed by atoms with Crippen molar-refractivity contribution in [3.63, 3.8) is 0 Å². The van der Waals surface area contributed by atoms with Crippen molar-refractivity contribution in [2.45, 2.75) is 104 Å². The van der Waals surface area contributed by atoms with Crippen LogP contribution in [-0.2, 0) is 9.59 Å². The second-order valence-electron chi connectivity index (χ2n) is 8.39. The van der Waals surface area contributed by atoms with Crippen LogP contribution in [0.15, 0.2) is 0 Å². The summed E-state index contributed by atoms with van der Waals surface area (Å²) in [6.45, 7) is 6.34. The summed E-state index contributed by atoms with van der Waals surface area (Å²) >= 11 is 0. The van der Waals surface area contributed by atoms with Crippen molar-refractivity contribution in [2.75, 3.05) is 0 Å². The average Bonchev–Trinajstić information content (AvgIpc) is 2.56. The zero-order valence-electron chi connectivity index (χ0n) is 16.5. The van der Waals surface area contributed by atoms with Crippen molar-refractivity contribution in [3.8, 4) is 0 Å². The van der Waals surface area contributed by atoms with Crippen molar-refractivity contribution >= 4 is 11.9 Å². The topological polar surface area (TPSA) is 74.6 Å². The van der Waals surface area contributed by atoms with Gasteiger partial charge in [0.15, 0.2) is 0 Å². The number of aliphatic carboxylic acids is 2. The fraction of sp³-hybridized carbons (Fsp3) is 0.905. The van der Waals surface area contributed by atoms with Crippen LogP contribution in [0.2, 0.25) is 0 Å². The molecule has 0 bridgehead atoms. The smallest absolute Gasteiger partial charge is 0.310 e. The highest BCUT2D eigenvalue weighted by Gasteiger charge is 2.60. The Labute approximate surface area is 153 Å². The highest BCUT2D eigenvalue weighted by molar-refractivity contribution is 5.87. The molecule has 0 radical (unpaired) electrons. The van der Waals surface area contributed by atoms with E-state index < -0.39 is 22.8 Å². The van der Waals surface area contributed by atoms with Gasteiger partial charge in [0.1, 0.15) is 0 Å².